The van der Waals surface area contributed by atoms with Crippen molar-refractivity contribution in [3.8, 4) is 6.07 Å². The highest BCUT2D eigenvalue weighted by Crippen LogP contribution is 2.37. The summed E-state index contributed by atoms with van der Waals surface area (Å²) in [5, 5.41) is 22.6. The Morgan fingerprint density at radius 2 is 1.91 bits per heavy atom. The fourth-order valence-corrected chi connectivity index (χ4v) is 3.44. The fourth-order valence-electron chi connectivity index (χ4n) is 2.76. The van der Waals surface area contributed by atoms with Crippen LogP contribution in [0.25, 0.3) is 0 Å². The Kier molecular flexibility index (Phi) is 4.32. The van der Waals surface area contributed by atoms with Crippen LogP contribution in [0.2, 0.25) is 0 Å². The SMILES string of the molecule is CC(C)(O)SNC1(c2ccc(NC3(C#N)CCC3)cc2)COC1. The summed E-state index contributed by atoms with van der Waals surface area (Å²) in [6.45, 7) is 4.69. The molecule has 124 valence electrons. The minimum absolute atomic E-state index is 0.257. The number of anilines is 1. The fraction of sp³-hybridized carbons (Fsp3) is 0.588. The smallest absolute Gasteiger partial charge is 0.125 e. The van der Waals surface area contributed by atoms with Crippen LogP contribution in [0.3, 0.4) is 0 Å². The summed E-state index contributed by atoms with van der Waals surface area (Å²) in [4.78, 5) is -0.840. The molecule has 1 aliphatic heterocycles. The normalized spacial score (nSPS) is 21.7. The third kappa shape index (κ3) is 3.48. The Bertz CT molecular complexity index is 596. The van der Waals surface area contributed by atoms with Crippen LogP contribution < -0.4 is 10.0 Å². The lowest BCUT2D eigenvalue weighted by molar-refractivity contribution is -0.0656. The van der Waals surface area contributed by atoms with Gasteiger partial charge >= 0.3 is 0 Å². The van der Waals surface area contributed by atoms with Crippen molar-refractivity contribution in [2.45, 2.75) is 49.1 Å². The van der Waals surface area contributed by atoms with E-state index in [0.717, 1.165) is 30.5 Å². The minimum atomic E-state index is -0.840. The van der Waals surface area contributed by atoms with Crippen molar-refractivity contribution < 1.29 is 9.84 Å². The first-order valence-corrected chi connectivity index (χ1v) is 8.73. The summed E-state index contributed by atoms with van der Waals surface area (Å²) in [5.41, 5.74) is 1.46. The molecular formula is C17H23N3O2S. The zero-order chi connectivity index (χ0) is 16.6. The zero-order valence-electron chi connectivity index (χ0n) is 13.6. The summed E-state index contributed by atoms with van der Waals surface area (Å²) < 4.78 is 8.76. The third-order valence-electron chi connectivity index (χ3n) is 4.44. The maximum Gasteiger partial charge on any atom is 0.125 e. The quantitative estimate of drug-likeness (QED) is 0.549. The first-order valence-electron chi connectivity index (χ1n) is 7.92. The number of hydrogen-bond acceptors (Lipinski definition) is 6. The van der Waals surface area contributed by atoms with E-state index in [0.29, 0.717) is 13.2 Å². The molecule has 0 unspecified atom stereocenters. The molecule has 1 saturated heterocycles. The molecule has 5 nitrogen and oxygen atoms in total. The number of benzene rings is 1. The molecule has 0 spiro atoms. The van der Waals surface area contributed by atoms with Crippen LogP contribution in [-0.4, -0.2) is 28.8 Å². The van der Waals surface area contributed by atoms with Crippen molar-refractivity contribution in [3.05, 3.63) is 29.8 Å². The average Bonchev–Trinajstić information content (AvgIpc) is 2.42. The molecule has 0 aromatic heterocycles. The maximum atomic E-state index is 9.90. The van der Waals surface area contributed by atoms with Gasteiger partial charge in [-0.25, -0.2) is 4.72 Å². The van der Waals surface area contributed by atoms with Crippen molar-refractivity contribution in [2.24, 2.45) is 0 Å². The van der Waals surface area contributed by atoms with Crippen molar-refractivity contribution in [1.82, 2.24) is 4.72 Å². The zero-order valence-corrected chi connectivity index (χ0v) is 14.4. The molecule has 1 heterocycles. The second-order valence-corrected chi connectivity index (χ2v) is 8.38. The molecule has 1 aliphatic carbocycles. The van der Waals surface area contributed by atoms with Crippen LogP contribution in [0.5, 0.6) is 0 Å². The van der Waals surface area contributed by atoms with Crippen LogP contribution in [-0.2, 0) is 10.3 Å². The lowest BCUT2D eigenvalue weighted by Gasteiger charge is -2.43. The average molecular weight is 333 g/mol. The predicted molar refractivity (Wildman–Crippen MR) is 91.8 cm³/mol. The molecular weight excluding hydrogens is 310 g/mol. The second-order valence-electron chi connectivity index (χ2n) is 6.98. The molecule has 0 amide bonds. The van der Waals surface area contributed by atoms with E-state index in [1.54, 1.807) is 13.8 Å². The summed E-state index contributed by atoms with van der Waals surface area (Å²) in [7, 11) is 0. The highest BCUT2D eigenvalue weighted by molar-refractivity contribution is 7.98. The number of nitrogens with zero attached hydrogens (tertiary/aromatic N) is 1. The molecule has 0 atom stereocenters. The monoisotopic (exact) mass is 333 g/mol. The lowest BCUT2D eigenvalue weighted by Crippen LogP contribution is -2.56. The summed E-state index contributed by atoms with van der Waals surface area (Å²) >= 11 is 1.31. The molecule has 2 aliphatic rings. The van der Waals surface area contributed by atoms with E-state index in [1.165, 1.54) is 11.9 Å². The van der Waals surface area contributed by atoms with Crippen LogP contribution in [0.15, 0.2) is 24.3 Å². The highest BCUT2D eigenvalue weighted by atomic mass is 32.2. The minimum Gasteiger partial charge on any atom is -0.379 e. The van der Waals surface area contributed by atoms with Crippen molar-refractivity contribution >= 4 is 17.6 Å². The van der Waals surface area contributed by atoms with Crippen LogP contribution >= 0.6 is 11.9 Å². The lowest BCUT2D eigenvalue weighted by atomic mass is 9.78. The topological polar surface area (TPSA) is 77.3 Å². The molecule has 1 aromatic rings. The molecule has 1 saturated carbocycles. The molecule has 23 heavy (non-hydrogen) atoms. The van der Waals surface area contributed by atoms with Crippen molar-refractivity contribution in [1.29, 1.82) is 5.26 Å². The van der Waals surface area contributed by atoms with E-state index < -0.39 is 4.93 Å². The van der Waals surface area contributed by atoms with Crippen LogP contribution in [0, 0.1) is 11.3 Å². The van der Waals surface area contributed by atoms with Gasteiger partial charge in [0, 0.05) is 5.69 Å². The van der Waals surface area contributed by atoms with Gasteiger partial charge < -0.3 is 15.2 Å². The molecule has 0 bridgehead atoms. The maximum absolute atomic E-state index is 9.90. The summed E-state index contributed by atoms with van der Waals surface area (Å²) in [6.07, 6.45) is 2.93. The third-order valence-corrected chi connectivity index (χ3v) is 5.43. The summed E-state index contributed by atoms with van der Waals surface area (Å²) in [5.74, 6) is 0. The molecule has 3 N–H and O–H groups in total. The molecule has 0 radical (unpaired) electrons. The molecule has 6 heteroatoms. The van der Waals surface area contributed by atoms with Crippen molar-refractivity contribution in [2.75, 3.05) is 18.5 Å². The van der Waals surface area contributed by atoms with Gasteiger partial charge in [-0.2, -0.15) is 5.26 Å². The van der Waals surface area contributed by atoms with Crippen LogP contribution in [0.4, 0.5) is 5.69 Å². The number of nitrogens with one attached hydrogen (secondary N) is 2. The Morgan fingerprint density at radius 1 is 1.26 bits per heavy atom. The molecule has 3 rings (SSSR count). The Morgan fingerprint density at radius 3 is 2.30 bits per heavy atom. The number of ether oxygens (including phenoxy) is 1. The van der Waals surface area contributed by atoms with Gasteiger partial charge in [0.15, 0.2) is 0 Å². The molecule has 2 fully saturated rings. The first kappa shape index (κ1) is 16.6. The number of nitriles is 1. The van der Waals surface area contributed by atoms with Gasteiger partial charge in [0.05, 0.1) is 24.8 Å². The van der Waals surface area contributed by atoms with Gasteiger partial charge in [0.25, 0.3) is 0 Å². The largest absolute Gasteiger partial charge is 0.379 e. The number of hydrogen-bond donors (Lipinski definition) is 3. The predicted octanol–water partition coefficient (Wildman–Crippen LogP) is 2.74. The van der Waals surface area contributed by atoms with E-state index in [1.807, 2.05) is 12.1 Å². The Labute approximate surface area is 141 Å². The Hall–Kier alpha value is -1.26. The number of aliphatic hydroxyl groups is 1. The molecule has 1 aromatic carbocycles. The van der Waals surface area contributed by atoms with E-state index >= 15 is 0 Å². The van der Waals surface area contributed by atoms with Gasteiger partial charge in [-0.15, -0.1) is 0 Å². The van der Waals surface area contributed by atoms with E-state index in [-0.39, 0.29) is 11.1 Å². The number of rotatable bonds is 6. The van der Waals surface area contributed by atoms with Gasteiger partial charge in [0.2, 0.25) is 0 Å². The second kappa shape index (κ2) is 5.99. The summed E-state index contributed by atoms with van der Waals surface area (Å²) in [6, 6.07) is 10.6. The van der Waals surface area contributed by atoms with Gasteiger partial charge in [-0.05, 0) is 62.8 Å². The van der Waals surface area contributed by atoms with Gasteiger partial charge in [-0.1, -0.05) is 12.1 Å². The first-order chi connectivity index (χ1) is 10.9. The van der Waals surface area contributed by atoms with Crippen molar-refractivity contribution in [3.63, 3.8) is 0 Å². The van der Waals surface area contributed by atoms with E-state index in [4.69, 9.17) is 4.74 Å². The highest BCUT2D eigenvalue weighted by Gasteiger charge is 2.42. The van der Waals surface area contributed by atoms with Crippen LogP contribution in [0.1, 0.15) is 38.7 Å². The standard InChI is InChI=1S/C17H23N3O2S/c1-15(2,21)23-20-17(11-22-12-17)13-4-6-14(7-5-13)19-16(10-18)8-3-9-16/h4-7,19-21H,3,8-9,11-12H2,1-2H3. The van der Waals surface area contributed by atoms with Gasteiger partial charge in [-0.3, -0.25) is 0 Å². The van der Waals surface area contributed by atoms with Gasteiger partial charge in [0.1, 0.15) is 10.5 Å². The van der Waals surface area contributed by atoms with E-state index in [9.17, 15) is 10.4 Å². The van der Waals surface area contributed by atoms with E-state index in [2.05, 4.69) is 28.2 Å². The Balaban J connectivity index is 1.69.